The molecule has 1 amide bonds. The first-order valence-corrected chi connectivity index (χ1v) is 6.98. The lowest BCUT2D eigenvalue weighted by Crippen LogP contribution is -2.37. The normalized spacial score (nSPS) is 10.1. The van der Waals surface area contributed by atoms with Crippen molar-refractivity contribution in [2.45, 2.75) is 33.2 Å². The van der Waals surface area contributed by atoms with Crippen molar-refractivity contribution in [3.8, 4) is 11.8 Å². The van der Waals surface area contributed by atoms with Gasteiger partial charge >= 0.3 is 0 Å². The van der Waals surface area contributed by atoms with E-state index < -0.39 is 0 Å². The Hall–Kier alpha value is -1.31. The molecule has 3 nitrogen and oxygen atoms in total. The quantitative estimate of drug-likeness (QED) is 0.849. The molecule has 0 radical (unpaired) electrons. The minimum atomic E-state index is -0.188. The van der Waals surface area contributed by atoms with Crippen molar-refractivity contribution in [2.75, 3.05) is 13.2 Å². The highest BCUT2D eigenvalue weighted by Gasteiger charge is 2.21. The zero-order chi connectivity index (χ0) is 13.5. The van der Waals surface area contributed by atoms with Gasteiger partial charge in [-0.2, -0.15) is 0 Å². The SMILES string of the molecule is CCCN(C(=O)c1sccc1C#CCO)C(C)C. The number of amides is 1. The summed E-state index contributed by atoms with van der Waals surface area (Å²) in [5.74, 6) is 5.44. The van der Waals surface area contributed by atoms with Gasteiger partial charge in [-0.15, -0.1) is 11.3 Å². The molecule has 0 saturated carbocycles. The monoisotopic (exact) mass is 265 g/mol. The van der Waals surface area contributed by atoms with Crippen LogP contribution in [0.15, 0.2) is 11.4 Å². The van der Waals surface area contributed by atoms with Gasteiger partial charge in [0, 0.05) is 18.2 Å². The summed E-state index contributed by atoms with van der Waals surface area (Å²) in [7, 11) is 0. The summed E-state index contributed by atoms with van der Waals surface area (Å²) in [6, 6.07) is 2.00. The second-order valence-electron chi connectivity index (χ2n) is 4.22. The Morgan fingerprint density at radius 1 is 1.56 bits per heavy atom. The molecule has 0 atom stereocenters. The Balaban J connectivity index is 2.98. The first-order chi connectivity index (χ1) is 8.61. The molecule has 4 heteroatoms. The summed E-state index contributed by atoms with van der Waals surface area (Å²) in [5.41, 5.74) is 0.709. The summed E-state index contributed by atoms with van der Waals surface area (Å²) in [6.45, 7) is 6.65. The first kappa shape index (κ1) is 14.7. The summed E-state index contributed by atoms with van der Waals surface area (Å²) < 4.78 is 0. The molecule has 1 aromatic rings. The molecule has 0 unspecified atom stereocenters. The summed E-state index contributed by atoms with van der Waals surface area (Å²) in [6.07, 6.45) is 0.937. The number of rotatable bonds is 4. The molecule has 0 aliphatic rings. The molecule has 0 saturated heterocycles. The lowest BCUT2D eigenvalue weighted by Gasteiger charge is -2.25. The lowest BCUT2D eigenvalue weighted by molar-refractivity contribution is 0.0710. The number of carbonyl (C=O) groups is 1. The number of aliphatic hydroxyl groups excluding tert-OH is 1. The van der Waals surface area contributed by atoms with Gasteiger partial charge in [-0.25, -0.2) is 0 Å². The Kier molecular flexibility index (Phi) is 5.90. The molecular weight excluding hydrogens is 246 g/mol. The van der Waals surface area contributed by atoms with E-state index >= 15 is 0 Å². The van der Waals surface area contributed by atoms with Crippen LogP contribution in [0.1, 0.15) is 42.4 Å². The first-order valence-electron chi connectivity index (χ1n) is 6.10. The van der Waals surface area contributed by atoms with Gasteiger partial charge < -0.3 is 10.0 Å². The molecule has 0 fully saturated rings. The van der Waals surface area contributed by atoms with E-state index in [1.807, 2.05) is 30.2 Å². The fraction of sp³-hybridized carbons (Fsp3) is 0.500. The smallest absolute Gasteiger partial charge is 0.265 e. The summed E-state index contributed by atoms with van der Waals surface area (Å²) in [5, 5.41) is 10.6. The van der Waals surface area contributed by atoms with Crippen LogP contribution in [0.2, 0.25) is 0 Å². The molecular formula is C14H19NO2S. The van der Waals surface area contributed by atoms with Crippen LogP contribution in [0.5, 0.6) is 0 Å². The highest BCUT2D eigenvalue weighted by molar-refractivity contribution is 7.12. The minimum absolute atomic E-state index is 0.0316. The number of nitrogens with zero attached hydrogens (tertiary/aromatic N) is 1. The second kappa shape index (κ2) is 7.20. The number of hydrogen-bond acceptors (Lipinski definition) is 3. The summed E-state index contributed by atoms with van der Waals surface area (Å²) in [4.78, 5) is 14.9. The minimum Gasteiger partial charge on any atom is -0.384 e. The van der Waals surface area contributed by atoms with Gasteiger partial charge in [0.2, 0.25) is 0 Å². The van der Waals surface area contributed by atoms with Crippen molar-refractivity contribution in [3.05, 3.63) is 21.9 Å². The average Bonchev–Trinajstić information content (AvgIpc) is 2.80. The molecule has 0 aromatic carbocycles. The Labute approximate surface area is 112 Å². The molecule has 18 heavy (non-hydrogen) atoms. The number of hydrogen-bond donors (Lipinski definition) is 1. The van der Waals surface area contributed by atoms with E-state index in [0.717, 1.165) is 13.0 Å². The lowest BCUT2D eigenvalue weighted by atomic mass is 10.2. The highest BCUT2D eigenvalue weighted by Crippen LogP contribution is 2.19. The maximum atomic E-state index is 12.4. The third kappa shape index (κ3) is 3.59. The van der Waals surface area contributed by atoms with Crippen LogP contribution in [0.3, 0.4) is 0 Å². The van der Waals surface area contributed by atoms with E-state index in [0.29, 0.717) is 10.4 Å². The van der Waals surface area contributed by atoms with Crippen LogP contribution in [0, 0.1) is 11.8 Å². The molecule has 1 heterocycles. The second-order valence-corrected chi connectivity index (χ2v) is 5.13. The van der Waals surface area contributed by atoms with E-state index in [1.54, 1.807) is 0 Å². The predicted molar refractivity (Wildman–Crippen MR) is 74.7 cm³/mol. The van der Waals surface area contributed by atoms with Gasteiger partial charge in [0.15, 0.2) is 0 Å². The van der Waals surface area contributed by atoms with E-state index in [-0.39, 0.29) is 18.6 Å². The van der Waals surface area contributed by atoms with Crippen molar-refractivity contribution in [1.82, 2.24) is 4.90 Å². The molecule has 98 valence electrons. The van der Waals surface area contributed by atoms with Crippen molar-refractivity contribution < 1.29 is 9.90 Å². The zero-order valence-electron chi connectivity index (χ0n) is 11.1. The predicted octanol–water partition coefficient (Wildman–Crippen LogP) is 2.35. The maximum Gasteiger partial charge on any atom is 0.265 e. The van der Waals surface area contributed by atoms with Crippen LogP contribution < -0.4 is 0 Å². The van der Waals surface area contributed by atoms with Crippen LogP contribution in [-0.4, -0.2) is 35.1 Å². The van der Waals surface area contributed by atoms with Gasteiger partial charge in [0.1, 0.15) is 11.5 Å². The van der Waals surface area contributed by atoms with Gasteiger partial charge in [-0.3, -0.25) is 4.79 Å². The number of carbonyl (C=O) groups excluding carboxylic acids is 1. The molecule has 1 rings (SSSR count). The van der Waals surface area contributed by atoms with E-state index in [2.05, 4.69) is 18.8 Å². The van der Waals surface area contributed by atoms with Crippen molar-refractivity contribution >= 4 is 17.2 Å². The molecule has 1 aromatic heterocycles. The largest absolute Gasteiger partial charge is 0.384 e. The fourth-order valence-electron chi connectivity index (χ4n) is 1.67. The van der Waals surface area contributed by atoms with Crippen LogP contribution in [-0.2, 0) is 0 Å². The van der Waals surface area contributed by atoms with Crippen molar-refractivity contribution in [3.63, 3.8) is 0 Å². The van der Waals surface area contributed by atoms with Crippen LogP contribution >= 0.6 is 11.3 Å². The van der Waals surface area contributed by atoms with E-state index in [1.165, 1.54) is 11.3 Å². The Morgan fingerprint density at radius 3 is 2.83 bits per heavy atom. The maximum absolute atomic E-state index is 12.4. The van der Waals surface area contributed by atoms with E-state index in [9.17, 15) is 4.79 Å². The highest BCUT2D eigenvalue weighted by atomic mass is 32.1. The molecule has 0 bridgehead atoms. The Bertz CT molecular complexity index is 454. The molecule has 0 aliphatic heterocycles. The van der Waals surface area contributed by atoms with E-state index in [4.69, 9.17) is 5.11 Å². The molecule has 1 N–H and O–H groups in total. The third-order valence-corrected chi connectivity index (χ3v) is 3.41. The van der Waals surface area contributed by atoms with Gasteiger partial charge in [-0.1, -0.05) is 18.8 Å². The van der Waals surface area contributed by atoms with Crippen LogP contribution in [0.25, 0.3) is 0 Å². The van der Waals surface area contributed by atoms with Gasteiger partial charge in [-0.05, 0) is 31.7 Å². The third-order valence-electron chi connectivity index (χ3n) is 2.51. The average molecular weight is 265 g/mol. The van der Waals surface area contributed by atoms with Gasteiger partial charge in [0.25, 0.3) is 5.91 Å². The van der Waals surface area contributed by atoms with Gasteiger partial charge in [0.05, 0.1) is 0 Å². The summed E-state index contributed by atoms with van der Waals surface area (Å²) >= 11 is 1.40. The molecule has 0 aliphatic carbocycles. The zero-order valence-corrected chi connectivity index (χ0v) is 11.9. The van der Waals surface area contributed by atoms with Crippen molar-refractivity contribution in [2.24, 2.45) is 0 Å². The Morgan fingerprint density at radius 2 is 2.28 bits per heavy atom. The number of thiophene rings is 1. The fourth-order valence-corrected chi connectivity index (χ4v) is 2.48. The van der Waals surface area contributed by atoms with Crippen molar-refractivity contribution in [1.29, 1.82) is 0 Å². The molecule has 0 spiro atoms. The topological polar surface area (TPSA) is 40.5 Å². The standard InChI is InChI=1S/C14H19NO2S/c1-4-8-15(11(2)3)14(17)13-12(6-5-9-16)7-10-18-13/h7,10-11,16H,4,8-9H2,1-3H3. The number of aliphatic hydroxyl groups is 1. The van der Waals surface area contributed by atoms with Crippen LogP contribution in [0.4, 0.5) is 0 Å².